The van der Waals surface area contributed by atoms with Gasteiger partial charge in [-0.3, -0.25) is 4.79 Å². The first kappa shape index (κ1) is 16.0. The van der Waals surface area contributed by atoms with Crippen molar-refractivity contribution in [3.05, 3.63) is 29.3 Å². The molecule has 20 heavy (non-hydrogen) atoms. The Labute approximate surface area is 119 Å². The average Bonchev–Trinajstić information content (AvgIpc) is 2.32. The lowest BCUT2D eigenvalue weighted by Crippen LogP contribution is -2.39. The van der Waals surface area contributed by atoms with Crippen molar-refractivity contribution < 1.29 is 14.7 Å². The lowest BCUT2D eigenvalue weighted by Gasteiger charge is -2.17. The molecule has 1 rings (SSSR count). The highest BCUT2D eigenvalue weighted by Gasteiger charge is 2.15. The molecule has 1 unspecified atom stereocenters. The molecule has 0 fully saturated rings. The normalized spacial score (nSPS) is 11.8. The number of anilines is 1. The van der Waals surface area contributed by atoms with Crippen LogP contribution >= 0.6 is 0 Å². The third-order valence-corrected chi connectivity index (χ3v) is 3.02. The molecule has 1 aromatic carbocycles. The zero-order chi connectivity index (χ0) is 15.1. The molecule has 0 heterocycles. The van der Waals surface area contributed by atoms with Crippen molar-refractivity contribution in [2.45, 2.75) is 46.1 Å². The highest BCUT2D eigenvalue weighted by atomic mass is 16.4. The quantitative estimate of drug-likeness (QED) is 0.748. The molecule has 0 aliphatic heterocycles. The molecular formula is C15H22N2O3. The molecule has 1 aromatic rings. The highest BCUT2D eigenvalue weighted by molar-refractivity contribution is 5.90. The molecule has 110 valence electrons. The van der Waals surface area contributed by atoms with Crippen LogP contribution in [0.15, 0.2) is 18.2 Å². The number of carboxylic acids is 1. The second-order valence-electron chi connectivity index (χ2n) is 5.00. The summed E-state index contributed by atoms with van der Waals surface area (Å²) in [5, 5.41) is 14.3. The summed E-state index contributed by atoms with van der Waals surface area (Å²) in [7, 11) is 0. The third kappa shape index (κ3) is 5.30. The van der Waals surface area contributed by atoms with Gasteiger partial charge in [0.15, 0.2) is 0 Å². The number of aliphatic carboxylic acids is 1. The smallest absolute Gasteiger partial charge is 0.319 e. The van der Waals surface area contributed by atoms with Gasteiger partial charge in [-0.25, -0.2) is 4.79 Å². The maximum Gasteiger partial charge on any atom is 0.319 e. The Bertz CT molecular complexity index is 486. The molecular weight excluding hydrogens is 256 g/mol. The van der Waals surface area contributed by atoms with Crippen LogP contribution in [-0.2, 0) is 4.79 Å². The first-order chi connectivity index (χ1) is 9.42. The molecule has 0 saturated heterocycles. The summed E-state index contributed by atoms with van der Waals surface area (Å²) in [6, 6.07) is 5.04. The van der Waals surface area contributed by atoms with Crippen molar-refractivity contribution >= 4 is 17.7 Å². The predicted octanol–water partition coefficient (Wildman–Crippen LogP) is 3.07. The summed E-state index contributed by atoms with van der Waals surface area (Å²) in [6.07, 6.45) is 1.41. The number of hydrogen-bond donors (Lipinski definition) is 3. The van der Waals surface area contributed by atoms with E-state index in [1.54, 1.807) is 0 Å². The van der Waals surface area contributed by atoms with Crippen LogP contribution in [0.3, 0.4) is 0 Å². The van der Waals surface area contributed by atoms with Crippen LogP contribution in [0.4, 0.5) is 10.5 Å². The first-order valence-corrected chi connectivity index (χ1v) is 6.79. The number of urea groups is 1. The number of nitrogens with one attached hydrogen (secondary N) is 2. The summed E-state index contributed by atoms with van der Waals surface area (Å²) in [6.45, 7) is 5.86. The minimum atomic E-state index is -0.907. The number of hydrogen-bond acceptors (Lipinski definition) is 2. The van der Waals surface area contributed by atoms with Crippen LogP contribution in [-0.4, -0.2) is 23.1 Å². The van der Waals surface area contributed by atoms with E-state index >= 15 is 0 Å². The van der Waals surface area contributed by atoms with Crippen LogP contribution in [0.25, 0.3) is 0 Å². The lowest BCUT2D eigenvalue weighted by molar-refractivity contribution is -0.137. The lowest BCUT2D eigenvalue weighted by atomic mass is 10.1. The van der Waals surface area contributed by atoms with E-state index in [4.69, 9.17) is 5.11 Å². The van der Waals surface area contributed by atoms with E-state index in [2.05, 4.69) is 10.6 Å². The van der Waals surface area contributed by atoms with Crippen molar-refractivity contribution in [3.8, 4) is 0 Å². The standard InChI is InChI=1S/C15H22N2O3/c1-4-5-12(9-14(18)19)16-15(20)17-13-7-6-10(2)8-11(13)3/h6-8,12H,4-5,9H2,1-3H3,(H,18,19)(H2,16,17,20). The van der Waals surface area contributed by atoms with Gasteiger partial charge in [0.1, 0.15) is 0 Å². The maximum absolute atomic E-state index is 11.9. The SMILES string of the molecule is CCCC(CC(=O)O)NC(=O)Nc1ccc(C)cc1C. The van der Waals surface area contributed by atoms with Gasteiger partial charge >= 0.3 is 12.0 Å². The molecule has 0 aliphatic carbocycles. The Morgan fingerprint density at radius 2 is 2.00 bits per heavy atom. The largest absolute Gasteiger partial charge is 0.481 e. The maximum atomic E-state index is 11.9. The molecule has 0 spiro atoms. The molecule has 5 nitrogen and oxygen atoms in total. The molecule has 0 saturated carbocycles. The number of aryl methyl sites for hydroxylation is 2. The zero-order valence-electron chi connectivity index (χ0n) is 12.2. The van der Waals surface area contributed by atoms with Gasteiger partial charge in [-0.05, 0) is 31.9 Å². The average molecular weight is 278 g/mol. The minimum absolute atomic E-state index is 0.0614. The fourth-order valence-electron chi connectivity index (χ4n) is 2.08. The van der Waals surface area contributed by atoms with Gasteiger partial charge in [0.05, 0.1) is 6.42 Å². The van der Waals surface area contributed by atoms with Crippen molar-refractivity contribution in [1.82, 2.24) is 5.32 Å². The Balaban J connectivity index is 2.62. The van der Waals surface area contributed by atoms with E-state index in [9.17, 15) is 9.59 Å². The third-order valence-electron chi connectivity index (χ3n) is 3.02. The number of carbonyl (C=O) groups excluding carboxylic acids is 1. The van der Waals surface area contributed by atoms with E-state index in [-0.39, 0.29) is 18.5 Å². The van der Waals surface area contributed by atoms with Gasteiger partial charge in [0.2, 0.25) is 0 Å². The molecule has 1 atom stereocenters. The minimum Gasteiger partial charge on any atom is -0.481 e. The summed E-state index contributed by atoms with van der Waals surface area (Å²) >= 11 is 0. The van der Waals surface area contributed by atoms with E-state index in [0.29, 0.717) is 6.42 Å². The van der Waals surface area contributed by atoms with E-state index in [0.717, 1.165) is 23.2 Å². The second-order valence-corrected chi connectivity index (χ2v) is 5.00. The van der Waals surface area contributed by atoms with Gasteiger partial charge in [0.25, 0.3) is 0 Å². The van der Waals surface area contributed by atoms with Crippen LogP contribution in [0.2, 0.25) is 0 Å². The number of carbonyl (C=O) groups is 2. The van der Waals surface area contributed by atoms with E-state index < -0.39 is 5.97 Å². The molecule has 0 bridgehead atoms. The summed E-state index contributed by atoms with van der Waals surface area (Å²) in [5.74, 6) is -0.907. The van der Waals surface area contributed by atoms with Crippen molar-refractivity contribution in [1.29, 1.82) is 0 Å². The predicted molar refractivity (Wildman–Crippen MR) is 79.0 cm³/mol. The monoisotopic (exact) mass is 278 g/mol. The number of benzene rings is 1. The van der Waals surface area contributed by atoms with Crippen LogP contribution < -0.4 is 10.6 Å². The first-order valence-electron chi connectivity index (χ1n) is 6.79. The van der Waals surface area contributed by atoms with Crippen molar-refractivity contribution in [2.24, 2.45) is 0 Å². The molecule has 2 amide bonds. The molecule has 5 heteroatoms. The number of amides is 2. The zero-order valence-corrected chi connectivity index (χ0v) is 12.2. The van der Waals surface area contributed by atoms with Gasteiger partial charge < -0.3 is 15.7 Å². The highest BCUT2D eigenvalue weighted by Crippen LogP contribution is 2.16. The van der Waals surface area contributed by atoms with Gasteiger partial charge in [-0.15, -0.1) is 0 Å². The molecule has 3 N–H and O–H groups in total. The van der Waals surface area contributed by atoms with Crippen molar-refractivity contribution in [2.75, 3.05) is 5.32 Å². The fraction of sp³-hybridized carbons (Fsp3) is 0.467. The molecule has 0 aromatic heterocycles. The Kier molecular flexibility index (Phi) is 6.03. The van der Waals surface area contributed by atoms with E-state index in [1.807, 2.05) is 39.0 Å². The van der Waals surface area contributed by atoms with E-state index in [1.165, 1.54) is 0 Å². The summed E-state index contributed by atoms with van der Waals surface area (Å²) < 4.78 is 0. The molecule has 0 aliphatic rings. The van der Waals surface area contributed by atoms with Crippen molar-refractivity contribution in [3.63, 3.8) is 0 Å². The summed E-state index contributed by atoms with van der Waals surface area (Å²) in [4.78, 5) is 22.6. The van der Waals surface area contributed by atoms with Crippen LogP contribution in [0.5, 0.6) is 0 Å². The Morgan fingerprint density at radius 3 is 2.55 bits per heavy atom. The van der Waals surface area contributed by atoms with Gasteiger partial charge in [-0.2, -0.15) is 0 Å². The Hall–Kier alpha value is -2.04. The topological polar surface area (TPSA) is 78.4 Å². The van der Waals surface area contributed by atoms with Crippen LogP contribution in [0, 0.1) is 13.8 Å². The van der Waals surface area contributed by atoms with Crippen LogP contribution in [0.1, 0.15) is 37.3 Å². The Morgan fingerprint density at radius 1 is 1.30 bits per heavy atom. The molecule has 0 radical (unpaired) electrons. The number of rotatable bonds is 6. The van der Waals surface area contributed by atoms with Gasteiger partial charge in [0, 0.05) is 11.7 Å². The summed E-state index contributed by atoms with van der Waals surface area (Å²) in [5.41, 5.74) is 2.84. The fourth-order valence-corrected chi connectivity index (χ4v) is 2.08. The number of carboxylic acid groups (broad SMARTS) is 1. The second kappa shape index (κ2) is 7.53. The van der Waals surface area contributed by atoms with Gasteiger partial charge in [-0.1, -0.05) is 31.0 Å².